The number of hydrogen-bond acceptors (Lipinski definition) is 4. The number of rotatable bonds is 4. The number of para-hydroxylation sites is 1. The molecule has 1 aliphatic heterocycles. The number of nitrogens with one attached hydrogen (secondary N) is 5. The Bertz CT molecular complexity index is 892. The lowest BCUT2D eigenvalue weighted by Crippen LogP contribution is -2.52. The van der Waals surface area contributed by atoms with Gasteiger partial charge in [0.05, 0.1) is 13.1 Å². The van der Waals surface area contributed by atoms with E-state index in [0.717, 1.165) is 22.9 Å². The molecular weight excluding hydrogens is 382 g/mol. The van der Waals surface area contributed by atoms with E-state index >= 15 is 0 Å². The Labute approximate surface area is 176 Å². The summed E-state index contributed by atoms with van der Waals surface area (Å²) in [5.41, 5.74) is 1.95. The number of hydrogen-bond donors (Lipinski definition) is 5. The third kappa shape index (κ3) is 6.06. The van der Waals surface area contributed by atoms with E-state index in [1.54, 1.807) is 0 Å². The molecule has 2 heterocycles. The molecule has 1 aliphatic rings. The zero-order chi connectivity index (χ0) is 21.5. The number of aromatic nitrogens is 1. The Morgan fingerprint density at radius 1 is 1.03 bits per heavy atom. The van der Waals surface area contributed by atoms with E-state index in [1.807, 2.05) is 30.5 Å². The summed E-state index contributed by atoms with van der Waals surface area (Å²) >= 11 is 0. The molecule has 0 saturated carbocycles. The summed E-state index contributed by atoms with van der Waals surface area (Å²) in [5.74, 6) is -0.416. The fourth-order valence-electron chi connectivity index (χ4n) is 3.81. The number of carbonyl (C=O) groups is 3. The van der Waals surface area contributed by atoms with Gasteiger partial charge in [0.25, 0.3) is 0 Å². The summed E-state index contributed by atoms with van der Waals surface area (Å²) in [6.45, 7) is 4.82. The van der Waals surface area contributed by atoms with Crippen molar-refractivity contribution in [3.05, 3.63) is 36.0 Å². The lowest BCUT2D eigenvalue weighted by atomic mass is 9.99. The molecule has 3 amide bonds. The van der Waals surface area contributed by atoms with E-state index in [2.05, 4.69) is 40.1 Å². The zero-order valence-electron chi connectivity index (χ0n) is 17.6. The molecule has 2 aromatic rings. The molecule has 0 spiro atoms. The van der Waals surface area contributed by atoms with Gasteiger partial charge in [0, 0.05) is 29.6 Å². The fourth-order valence-corrected chi connectivity index (χ4v) is 3.81. The van der Waals surface area contributed by atoms with Crippen LogP contribution in [0.2, 0.25) is 0 Å². The minimum atomic E-state index is -0.725. The van der Waals surface area contributed by atoms with E-state index in [1.165, 1.54) is 0 Å². The highest BCUT2D eigenvalue weighted by Gasteiger charge is 2.25. The molecule has 8 nitrogen and oxygen atoms in total. The Balaban J connectivity index is 1.81. The van der Waals surface area contributed by atoms with Gasteiger partial charge in [0.15, 0.2) is 0 Å². The van der Waals surface area contributed by atoms with Crippen LogP contribution in [0.1, 0.15) is 32.3 Å². The van der Waals surface area contributed by atoms with E-state index in [9.17, 15) is 14.4 Å². The van der Waals surface area contributed by atoms with Crippen molar-refractivity contribution in [1.82, 2.24) is 26.3 Å². The van der Waals surface area contributed by atoms with Crippen molar-refractivity contribution in [3.8, 4) is 0 Å². The molecule has 3 rings (SSSR count). The summed E-state index contributed by atoms with van der Waals surface area (Å²) in [4.78, 5) is 40.7. The van der Waals surface area contributed by atoms with Gasteiger partial charge in [-0.25, -0.2) is 0 Å². The average Bonchev–Trinajstić information content (AvgIpc) is 3.11. The molecule has 0 aliphatic carbocycles. The van der Waals surface area contributed by atoms with E-state index in [4.69, 9.17) is 0 Å². The third-order valence-corrected chi connectivity index (χ3v) is 5.25. The molecule has 1 aromatic carbocycles. The Morgan fingerprint density at radius 2 is 1.83 bits per heavy atom. The van der Waals surface area contributed by atoms with Gasteiger partial charge in [0.2, 0.25) is 17.7 Å². The zero-order valence-corrected chi connectivity index (χ0v) is 17.6. The molecular formula is C22H31N5O3. The SMILES string of the molecule is CC(C)CC1CCNCC(=O)NCC(=O)NC(Cc2c[nH]c3ccccc23)C(=O)N1. The van der Waals surface area contributed by atoms with Crippen LogP contribution in [0.5, 0.6) is 0 Å². The van der Waals surface area contributed by atoms with Gasteiger partial charge in [0.1, 0.15) is 6.04 Å². The maximum absolute atomic E-state index is 13.1. The molecule has 30 heavy (non-hydrogen) atoms. The first-order valence-electron chi connectivity index (χ1n) is 10.5. The maximum atomic E-state index is 13.1. The summed E-state index contributed by atoms with van der Waals surface area (Å²) in [7, 11) is 0. The number of H-pyrrole nitrogens is 1. The predicted octanol–water partition coefficient (Wildman–Crippen LogP) is 0.836. The van der Waals surface area contributed by atoms with E-state index < -0.39 is 6.04 Å². The topological polar surface area (TPSA) is 115 Å². The van der Waals surface area contributed by atoms with Gasteiger partial charge >= 0.3 is 0 Å². The highest BCUT2D eigenvalue weighted by Crippen LogP contribution is 2.19. The highest BCUT2D eigenvalue weighted by molar-refractivity contribution is 5.91. The summed E-state index contributed by atoms with van der Waals surface area (Å²) in [6, 6.07) is 7.11. The monoisotopic (exact) mass is 413 g/mol. The van der Waals surface area contributed by atoms with Crippen molar-refractivity contribution in [3.63, 3.8) is 0 Å². The standard InChI is InChI=1S/C22H31N5O3/c1-14(2)9-16-7-8-23-12-20(28)25-13-21(29)27-19(22(30)26-16)10-15-11-24-18-6-4-3-5-17(15)18/h3-6,11,14,16,19,23-24H,7-10,12-13H2,1-2H3,(H,25,28)(H,26,30)(H,27,29). The minimum Gasteiger partial charge on any atom is -0.361 e. The second kappa shape index (κ2) is 10.2. The number of carbonyl (C=O) groups excluding carboxylic acids is 3. The van der Waals surface area contributed by atoms with Crippen LogP contribution < -0.4 is 21.3 Å². The number of fused-ring (bicyclic) bond motifs is 1. The molecule has 1 saturated heterocycles. The van der Waals surface area contributed by atoms with Gasteiger partial charge in [-0.05, 0) is 36.9 Å². The molecule has 5 N–H and O–H groups in total. The van der Waals surface area contributed by atoms with Gasteiger partial charge in [-0.1, -0.05) is 32.0 Å². The van der Waals surface area contributed by atoms with Crippen LogP contribution in [0, 0.1) is 5.92 Å². The second-order valence-corrected chi connectivity index (χ2v) is 8.26. The van der Waals surface area contributed by atoms with Gasteiger partial charge < -0.3 is 26.3 Å². The van der Waals surface area contributed by atoms with Crippen LogP contribution in [-0.4, -0.2) is 54.4 Å². The van der Waals surface area contributed by atoms with Crippen molar-refractivity contribution in [2.24, 2.45) is 5.92 Å². The molecule has 0 bridgehead atoms. The van der Waals surface area contributed by atoms with Crippen LogP contribution in [0.15, 0.2) is 30.5 Å². The molecule has 2 unspecified atom stereocenters. The molecule has 162 valence electrons. The minimum absolute atomic E-state index is 0.0313. The largest absolute Gasteiger partial charge is 0.361 e. The van der Waals surface area contributed by atoms with Crippen molar-refractivity contribution >= 4 is 28.6 Å². The predicted molar refractivity (Wildman–Crippen MR) is 116 cm³/mol. The molecule has 8 heteroatoms. The van der Waals surface area contributed by atoms with Crippen LogP contribution in [-0.2, 0) is 20.8 Å². The van der Waals surface area contributed by atoms with E-state index in [-0.39, 0.29) is 36.9 Å². The fraction of sp³-hybridized carbons (Fsp3) is 0.500. The summed E-state index contributed by atoms with van der Waals surface area (Å²) < 4.78 is 0. The lowest BCUT2D eigenvalue weighted by molar-refractivity contribution is -0.130. The van der Waals surface area contributed by atoms with E-state index in [0.29, 0.717) is 25.3 Å². The Hall–Kier alpha value is -2.87. The van der Waals surface area contributed by atoms with Crippen LogP contribution >= 0.6 is 0 Å². The quantitative estimate of drug-likeness (QED) is 0.511. The molecule has 0 radical (unpaired) electrons. The summed E-state index contributed by atoms with van der Waals surface area (Å²) in [6.07, 6.45) is 3.78. The van der Waals surface area contributed by atoms with Crippen LogP contribution in [0.3, 0.4) is 0 Å². The molecule has 1 aromatic heterocycles. The Kier molecular flexibility index (Phi) is 7.46. The van der Waals surface area contributed by atoms with Gasteiger partial charge in [-0.2, -0.15) is 0 Å². The van der Waals surface area contributed by atoms with Crippen molar-refractivity contribution in [2.75, 3.05) is 19.6 Å². The summed E-state index contributed by atoms with van der Waals surface area (Å²) in [5, 5.41) is 12.6. The van der Waals surface area contributed by atoms with Crippen molar-refractivity contribution in [1.29, 1.82) is 0 Å². The number of amides is 3. The van der Waals surface area contributed by atoms with Crippen molar-refractivity contribution in [2.45, 2.75) is 45.2 Å². The van der Waals surface area contributed by atoms with Crippen LogP contribution in [0.4, 0.5) is 0 Å². The average molecular weight is 414 g/mol. The maximum Gasteiger partial charge on any atom is 0.243 e. The first-order chi connectivity index (χ1) is 14.4. The number of benzene rings is 1. The number of aromatic amines is 1. The smallest absolute Gasteiger partial charge is 0.243 e. The second-order valence-electron chi connectivity index (χ2n) is 8.26. The van der Waals surface area contributed by atoms with Gasteiger partial charge in [-0.3, -0.25) is 14.4 Å². The molecule has 1 fully saturated rings. The first kappa shape index (κ1) is 21.8. The van der Waals surface area contributed by atoms with Crippen molar-refractivity contribution < 1.29 is 14.4 Å². The lowest BCUT2D eigenvalue weighted by Gasteiger charge is -2.24. The van der Waals surface area contributed by atoms with Gasteiger partial charge in [-0.15, -0.1) is 0 Å². The van der Waals surface area contributed by atoms with Crippen LogP contribution in [0.25, 0.3) is 10.9 Å². The third-order valence-electron chi connectivity index (χ3n) is 5.25. The highest BCUT2D eigenvalue weighted by atomic mass is 16.2. The molecule has 2 atom stereocenters. The normalized spacial score (nSPS) is 21.9. The Morgan fingerprint density at radius 3 is 2.63 bits per heavy atom. The first-order valence-corrected chi connectivity index (χ1v) is 10.5.